The molecule has 1 aliphatic heterocycles. The van der Waals surface area contributed by atoms with Crippen LogP contribution in [-0.2, 0) is 20.8 Å². The SMILES string of the molecule is O=C(OC1C(Sc2ccccc2)OC(CO)C(OCc2ccccc2)C1O)c1ccccc1. The van der Waals surface area contributed by atoms with Crippen molar-refractivity contribution < 1.29 is 29.2 Å². The first-order valence-electron chi connectivity index (χ1n) is 10.7. The van der Waals surface area contributed by atoms with Gasteiger partial charge in [-0.05, 0) is 29.8 Å². The van der Waals surface area contributed by atoms with E-state index in [1.807, 2.05) is 66.7 Å². The second kappa shape index (κ2) is 11.4. The average molecular weight is 467 g/mol. The van der Waals surface area contributed by atoms with Crippen molar-refractivity contribution in [2.24, 2.45) is 0 Å². The van der Waals surface area contributed by atoms with Gasteiger partial charge in [-0.3, -0.25) is 0 Å². The summed E-state index contributed by atoms with van der Waals surface area (Å²) < 4.78 is 17.8. The Hall–Kier alpha value is -2.68. The summed E-state index contributed by atoms with van der Waals surface area (Å²) in [7, 11) is 0. The highest BCUT2D eigenvalue weighted by atomic mass is 32.2. The van der Waals surface area contributed by atoms with Gasteiger partial charge in [-0.15, -0.1) is 0 Å². The normalized spacial score (nSPS) is 24.8. The van der Waals surface area contributed by atoms with Crippen LogP contribution in [0, 0.1) is 0 Å². The molecular formula is C26H26O6S. The Labute approximate surface area is 197 Å². The number of benzene rings is 3. The lowest BCUT2D eigenvalue weighted by atomic mass is 9.99. The van der Waals surface area contributed by atoms with Crippen LogP contribution in [0.2, 0.25) is 0 Å². The molecule has 33 heavy (non-hydrogen) atoms. The maximum absolute atomic E-state index is 12.8. The number of aliphatic hydroxyl groups is 2. The molecule has 5 atom stereocenters. The molecule has 1 heterocycles. The number of ether oxygens (including phenoxy) is 3. The van der Waals surface area contributed by atoms with Crippen LogP contribution < -0.4 is 0 Å². The van der Waals surface area contributed by atoms with Gasteiger partial charge in [0, 0.05) is 4.90 Å². The minimum absolute atomic E-state index is 0.221. The molecule has 3 aromatic carbocycles. The molecule has 0 bridgehead atoms. The third-order valence-corrected chi connectivity index (χ3v) is 6.49. The van der Waals surface area contributed by atoms with Gasteiger partial charge >= 0.3 is 5.97 Å². The number of thioether (sulfide) groups is 1. The fourth-order valence-electron chi connectivity index (χ4n) is 3.63. The van der Waals surface area contributed by atoms with Crippen LogP contribution in [0.3, 0.4) is 0 Å². The average Bonchev–Trinajstić information content (AvgIpc) is 2.87. The van der Waals surface area contributed by atoms with Crippen molar-refractivity contribution in [2.45, 2.75) is 41.4 Å². The molecule has 0 radical (unpaired) electrons. The van der Waals surface area contributed by atoms with E-state index in [1.165, 1.54) is 11.8 Å². The van der Waals surface area contributed by atoms with E-state index in [4.69, 9.17) is 14.2 Å². The highest BCUT2D eigenvalue weighted by molar-refractivity contribution is 7.99. The third-order valence-electron chi connectivity index (χ3n) is 5.33. The van der Waals surface area contributed by atoms with Gasteiger partial charge in [0.05, 0.1) is 18.8 Å². The summed E-state index contributed by atoms with van der Waals surface area (Å²) >= 11 is 1.32. The zero-order valence-electron chi connectivity index (χ0n) is 17.9. The molecule has 0 saturated carbocycles. The van der Waals surface area contributed by atoms with E-state index >= 15 is 0 Å². The number of esters is 1. The second-order valence-corrected chi connectivity index (χ2v) is 8.82. The predicted molar refractivity (Wildman–Crippen MR) is 125 cm³/mol. The van der Waals surface area contributed by atoms with Crippen LogP contribution >= 0.6 is 11.8 Å². The van der Waals surface area contributed by atoms with Crippen LogP contribution in [0.5, 0.6) is 0 Å². The molecule has 1 fully saturated rings. The van der Waals surface area contributed by atoms with Crippen LogP contribution in [0.4, 0.5) is 0 Å². The van der Waals surface area contributed by atoms with Gasteiger partial charge in [0.1, 0.15) is 23.7 Å². The molecule has 1 saturated heterocycles. The van der Waals surface area contributed by atoms with E-state index in [-0.39, 0.29) is 13.2 Å². The molecule has 6 nitrogen and oxygen atoms in total. The Morgan fingerprint density at radius 1 is 0.879 bits per heavy atom. The van der Waals surface area contributed by atoms with Crippen LogP contribution in [0.1, 0.15) is 15.9 Å². The number of aliphatic hydroxyl groups excluding tert-OH is 2. The topological polar surface area (TPSA) is 85.2 Å². The number of rotatable bonds is 8. The first kappa shape index (κ1) is 23.5. The predicted octanol–water partition coefficient (Wildman–Crippen LogP) is 3.67. The van der Waals surface area contributed by atoms with Gasteiger partial charge in [-0.2, -0.15) is 0 Å². The van der Waals surface area contributed by atoms with Crippen molar-refractivity contribution >= 4 is 17.7 Å². The van der Waals surface area contributed by atoms with Gasteiger partial charge < -0.3 is 24.4 Å². The third kappa shape index (κ3) is 6.01. The Kier molecular flexibility index (Phi) is 8.15. The van der Waals surface area contributed by atoms with Crippen molar-refractivity contribution in [1.82, 2.24) is 0 Å². The number of hydrogen-bond donors (Lipinski definition) is 2. The summed E-state index contributed by atoms with van der Waals surface area (Å²) in [6.07, 6.45) is -3.87. The molecule has 4 rings (SSSR count). The summed E-state index contributed by atoms with van der Waals surface area (Å²) in [5.41, 5.74) is 0.558. The van der Waals surface area contributed by atoms with Gasteiger partial charge in [0.2, 0.25) is 0 Å². The Morgan fingerprint density at radius 2 is 1.48 bits per heavy atom. The second-order valence-electron chi connectivity index (χ2n) is 7.64. The molecule has 2 N–H and O–H groups in total. The lowest BCUT2D eigenvalue weighted by molar-refractivity contribution is -0.224. The molecule has 0 amide bonds. The highest BCUT2D eigenvalue weighted by Crippen LogP contribution is 2.36. The lowest BCUT2D eigenvalue weighted by Gasteiger charge is -2.43. The van der Waals surface area contributed by atoms with Crippen molar-refractivity contribution in [1.29, 1.82) is 0 Å². The molecule has 7 heteroatoms. The lowest BCUT2D eigenvalue weighted by Crippen LogP contribution is -2.59. The van der Waals surface area contributed by atoms with Crippen molar-refractivity contribution in [3.05, 3.63) is 102 Å². The van der Waals surface area contributed by atoms with Crippen LogP contribution in [-0.4, -0.2) is 52.6 Å². The van der Waals surface area contributed by atoms with Crippen LogP contribution in [0.15, 0.2) is 95.9 Å². The molecule has 172 valence electrons. The maximum atomic E-state index is 12.8. The standard InChI is InChI=1S/C26H26O6S/c27-16-21-23(30-17-18-10-4-1-5-11-18)22(28)24(32-25(29)19-12-6-2-7-13-19)26(31-21)33-20-14-8-3-9-15-20/h1-15,21-24,26-28H,16-17H2. The smallest absolute Gasteiger partial charge is 0.338 e. The fourth-order valence-corrected chi connectivity index (χ4v) is 4.77. The maximum Gasteiger partial charge on any atom is 0.338 e. The monoisotopic (exact) mass is 466 g/mol. The van der Waals surface area contributed by atoms with E-state index in [9.17, 15) is 15.0 Å². The summed E-state index contributed by atoms with van der Waals surface area (Å²) in [6.45, 7) is -0.125. The van der Waals surface area contributed by atoms with E-state index in [0.29, 0.717) is 5.56 Å². The molecule has 1 aliphatic rings. The molecule has 0 aromatic heterocycles. The Balaban J connectivity index is 1.55. The molecule has 3 aromatic rings. The molecule has 5 unspecified atom stereocenters. The summed E-state index contributed by atoms with van der Waals surface area (Å²) in [5.74, 6) is -0.564. The number of carbonyl (C=O) groups excluding carboxylic acids is 1. The minimum Gasteiger partial charge on any atom is -0.452 e. The van der Waals surface area contributed by atoms with Crippen molar-refractivity contribution in [3.63, 3.8) is 0 Å². The van der Waals surface area contributed by atoms with E-state index in [2.05, 4.69) is 0 Å². The van der Waals surface area contributed by atoms with E-state index < -0.39 is 35.8 Å². The number of hydrogen-bond acceptors (Lipinski definition) is 7. The zero-order valence-corrected chi connectivity index (χ0v) is 18.7. The van der Waals surface area contributed by atoms with Crippen LogP contribution in [0.25, 0.3) is 0 Å². The van der Waals surface area contributed by atoms with E-state index in [0.717, 1.165) is 10.5 Å². The first-order chi connectivity index (χ1) is 16.2. The summed E-state index contributed by atoms with van der Waals surface area (Å²) in [6, 6.07) is 27.6. The largest absolute Gasteiger partial charge is 0.452 e. The van der Waals surface area contributed by atoms with Gasteiger partial charge in [0.25, 0.3) is 0 Å². The summed E-state index contributed by atoms with van der Waals surface area (Å²) in [4.78, 5) is 13.7. The molecule has 0 spiro atoms. The zero-order chi connectivity index (χ0) is 23.0. The molecule has 0 aliphatic carbocycles. The fraction of sp³-hybridized carbons (Fsp3) is 0.269. The highest BCUT2D eigenvalue weighted by Gasteiger charge is 2.48. The van der Waals surface area contributed by atoms with Crippen molar-refractivity contribution in [3.8, 4) is 0 Å². The number of carbonyl (C=O) groups is 1. The quantitative estimate of drug-likeness (QED) is 0.490. The van der Waals surface area contributed by atoms with E-state index in [1.54, 1.807) is 24.3 Å². The van der Waals surface area contributed by atoms with Gasteiger partial charge in [0.15, 0.2) is 6.10 Å². The summed E-state index contributed by atoms with van der Waals surface area (Å²) in [5, 5.41) is 21.2. The van der Waals surface area contributed by atoms with Crippen molar-refractivity contribution in [2.75, 3.05) is 6.61 Å². The Morgan fingerprint density at radius 3 is 2.12 bits per heavy atom. The first-order valence-corrected chi connectivity index (χ1v) is 11.6. The van der Waals surface area contributed by atoms with Gasteiger partial charge in [-0.25, -0.2) is 4.79 Å². The molecular weight excluding hydrogens is 440 g/mol. The van der Waals surface area contributed by atoms with Gasteiger partial charge in [-0.1, -0.05) is 78.5 Å². The Bertz CT molecular complexity index is 1000. The minimum atomic E-state index is -1.20.